The molecule has 0 aliphatic rings. The maximum Gasteiger partial charge on any atom is 0.418 e. The number of methoxy groups -OCH3 is 1. The van der Waals surface area contributed by atoms with Crippen LogP contribution in [0.15, 0.2) is 24.4 Å². The normalized spacial score (nSPS) is 11.1. The zero-order valence-corrected chi connectivity index (χ0v) is 11.6. The molecule has 0 aliphatic carbocycles. The van der Waals surface area contributed by atoms with Crippen LogP contribution in [0.3, 0.4) is 0 Å². The number of alkyl halides is 3. The van der Waals surface area contributed by atoms with Gasteiger partial charge in [0.05, 0.1) is 29.6 Å². The first-order valence-corrected chi connectivity index (χ1v) is 6.07. The van der Waals surface area contributed by atoms with E-state index in [-0.39, 0.29) is 5.56 Å². The van der Waals surface area contributed by atoms with E-state index in [2.05, 4.69) is 4.74 Å². The van der Waals surface area contributed by atoms with Gasteiger partial charge >= 0.3 is 12.1 Å². The fraction of sp³-hybridized carbons (Fsp3) is 0.143. The number of hydrogen-bond donors (Lipinski definition) is 1. The maximum absolute atomic E-state index is 14.1. The van der Waals surface area contributed by atoms with Crippen LogP contribution in [0.1, 0.15) is 21.6 Å². The number of halogens is 4. The lowest BCUT2D eigenvalue weighted by Crippen LogP contribution is -2.17. The third kappa shape index (κ3) is 2.70. The maximum atomic E-state index is 14.1. The highest BCUT2D eigenvalue weighted by Crippen LogP contribution is 2.37. The number of anilines is 1. The number of nitriles is 1. The number of esters is 1. The summed E-state index contributed by atoms with van der Waals surface area (Å²) in [5, 5.41) is 8.94. The number of nitrogen functional groups attached to an aromatic ring is 1. The van der Waals surface area contributed by atoms with Gasteiger partial charge in [0.1, 0.15) is 11.9 Å². The van der Waals surface area contributed by atoms with Crippen molar-refractivity contribution in [1.29, 1.82) is 5.26 Å². The van der Waals surface area contributed by atoms with Crippen LogP contribution in [0.5, 0.6) is 0 Å². The Morgan fingerprint density at radius 1 is 1.39 bits per heavy atom. The summed E-state index contributed by atoms with van der Waals surface area (Å²) in [5.41, 5.74) is 2.11. The molecule has 1 aromatic carbocycles. The molecule has 23 heavy (non-hydrogen) atoms. The summed E-state index contributed by atoms with van der Waals surface area (Å²) in [4.78, 5) is 11.8. The molecule has 0 spiro atoms. The molecule has 2 rings (SSSR count). The molecule has 9 heteroatoms. The minimum absolute atomic E-state index is 0.276. The SMILES string of the molecule is COC(=O)c1c(N)c(C#N)cn1-c1c(F)cccc1C(F)(F)F. The Balaban J connectivity index is 2.89. The quantitative estimate of drug-likeness (QED) is 0.679. The van der Waals surface area contributed by atoms with E-state index in [1.807, 2.05) is 0 Å². The van der Waals surface area contributed by atoms with E-state index in [1.165, 1.54) is 0 Å². The Labute approximate surface area is 127 Å². The van der Waals surface area contributed by atoms with E-state index in [4.69, 9.17) is 11.0 Å². The van der Waals surface area contributed by atoms with Crippen molar-refractivity contribution in [2.24, 2.45) is 0 Å². The van der Waals surface area contributed by atoms with Gasteiger partial charge < -0.3 is 15.0 Å². The fourth-order valence-corrected chi connectivity index (χ4v) is 2.08. The van der Waals surface area contributed by atoms with Crippen LogP contribution in [-0.2, 0) is 10.9 Å². The van der Waals surface area contributed by atoms with Gasteiger partial charge in [-0.2, -0.15) is 18.4 Å². The van der Waals surface area contributed by atoms with Gasteiger partial charge in [-0.05, 0) is 12.1 Å². The first-order chi connectivity index (χ1) is 10.7. The summed E-state index contributed by atoms with van der Waals surface area (Å²) in [7, 11) is 0.983. The lowest BCUT2D eigenvalue weighted by molar-refractivity contribution is -0.137. The number of rotatable bonds is 2. The second-order valence-electron chi connectivity index (χ2n) is 4.41. The monoisotopic (exact) mass is 327 g/mol. The molecular formula is C14H9F4N3O2. The lowest BCUT2D eigenvalue weighted by atomic mass is 10.1. The molecule has 0 saturated carbocycles. The van der Waals surface area contributed by atoms with Crippen molar-refractivity contribution in [1.82, 2.24) is 4.57 Å². The number of carbonyl (C=O) groups excluding carboxylic acids is 1. The Morgan fingerprint density at radius 2 is 2.04 bits per heavy atom. The van der Waals surface area contributed by atoms with Gasteiger partial charge in [0, 0.05) is 6.20 Å². The van der Waals surface area contributed by atoms with Crippen molar-refractivity contribution in [3.05, 3.63) is 47.0 Å². The first-order valence-electron chi connectivity index (χ1n) is 6.07. The predicted molar refractivity (Wildman–Crippen MR) is 71.2 cm³/mol. The van der Waals surface area contributed by atoms with Gasteiger partial charge in [0.25, 0.3) is 0 Å². The van der Waals surface area contributed by atoms with Crippen molar-refractivity contribution >= 4 is 11.7 Å². The van der Waals surface area contributed by atoms with Crippen molar-refractivity contribution in [2.45, 2.75) is 6.18 Å². The van der Waals surface area contributed by atoms with Crippen molar-refractivity contribution < 1.29 is 27.1 Å². The minimum atomic E-state index is -4.88. The van der Waals surface area contributed by atoms with E-state index in [0.717, 1.165) is 25.4 Å². The predicted octanol–water partition coefficient (Wildman–Crippen LogP) is 2.88. The van der Waals surface area contributed by atoms with Gasteiger partial charge in [-0.1, -0.05) is 6.07 Å². The molecule has 5 nitrogen and oxygen atoms in total. The third-order valence-electron chi connectivity index (χ3n) is 3.08. The van der Waals surface area contributed by atoms with E-state index in [9.17, 15) is 22.4 Å². The van der Waals surface area contributed by atoms with E-state index in [0.29, 0.717) is 10.6 Å². The van der Waals surface area contributed by atoms with E-state index in [1.54, 1.807) is 6.07 Å². The average molecular weight is 327 g/mol. The number of aromatic nitrogens is 1. The molecule has 120 valence electrons. The summed E-state index contributed by atoms with van der Waals surface area (Å²) in [6.45, 7) is 0. The standard InChI is InChI=1S/C14H9F4N3O2/c1-23-13(22)12-10(20)7(5-19)6-21(12)11-8(14(16,17)18)3-2-4-9(11)15/h2-4,6H,20H2,1H3. The highest BCUT2D eigenvalue weighted by atomic mass is 19.4. The lowest BCUT2D eigenvalue weighted by Gasteiger charge is -2.16. The number of benzene rings is 1. The summed E-state index contributed by atoms with van der Waals surface area (Å²) in [6.07, 6.45) is -4.02. The summed E-state index contributed by atoms with van der Waals surface area (Å²) in [6, 6.07) is 3.97. The summed E-state index contributed by atoms with van der Waals surface area (Å²) < 4.78 is 58.5. The molecule has 0 amide bonds. The van der Waals surface area contributed by atoms with Crippen LogP contribution < -0.4 is 5.73 Å². The second kappa shape index (κ2) is 5.64. The number of hydrogen-bond acceptors (Lipinski definition) is 4. The Kier molecular flexibility index (Phi) is 4.01. The largest absolute Gasteiger partial charge is 0.464 e. The molecule has 0 atom stereocenters. The molecular weight excluding hydrogens is 318 g/mol. The van der Waals surface area contributed by atoms with E-state index < -0.39 is 40.6 Å². The molecule has 0 aliphatic heterocycles. The fourth-order valence-electron chi connectivity index (χ4n) is 2.08. The van der Waals surface area contributed by atoms with Crippen LogP contribution in [-0.4, -0.2) is 17.6 Å². The van der Waals surface area contributed by atoms with Crippen LogP contribution >= 0.6 is 0 Å². The average Bonchev–Trinajstić information content (AvgIpc) is 2.81. The van der Waals surface area contributed by atoms with Crippen LogP contribution in [0.25, 0.3) is 5.69 Å². The molecule has 2 N–H and O–H groups in total. The van der Waals surface area contributed by atoms with Crippen molar-refractivity contribution in [3.8, 4) is 11.8 Å². The minimum Gasteiger partial charge on any atom is -0.464 e. The van der Waals surface area contributed by atoms with Gasteiger partial charge in [0.15, 0.2) is 5.69 Å². The number of para-hydroxylation sites is 1. The zero-order valence-electron chi connectivity index (χ0n) is 11.6. The molecule has 0 radical (unpaired) electrons. The highest BCUT2D eigenvalue weighted by Gasteiger charge is 2.37. The molecule has 2 aromatic rings. The topological polar surface area (TPSA) is 81.0 Å². The first kappa shape index (κ1) is 16.4. The van der Waals surface area contributed by atoms with Crippen LogP contribution in [0.4, 0.5) is 23.2 Å². The summed E-state index contributed by atoms with van der Waals surface area (Å²) in [5.74, 6) is -2.33. The molecule has 1 aromatic heterocycles. The highest BCUT2D eigenvalue weighted by molar-refractivity contribution is 5.96. The number of nitrogens with two attached hydrogens (primary N) is 1. The van der Waals surface area contributed by atoms with Gasteiger partial charge in [-0.3, -0.25) is 0 Å². The molecule has 1 heterocycles. The Morgan fingerprint density at radius 3 is 2.57 bits per heavy atom. The Bertz CT molecular complexity index is 819. The van der Waals surface area contributed by atoms with Crippen molar-refractivity contribution in [2.75, 3.05) is 12.8 Å². The zero-order chi connectivity index (χ0) is 17.4. The number of nitrogens with zero attached hydrogens (tertiary/aromatic N) is 2. The number of ether oxygens (including phenoxy) is 1. The third-order valence-corrected chi connectivity index (χ3v) is 3.08. The molecule has 0 unspecified atom stereocenters. The van der Waals surface area contributed by atoms with Gasteiger partial charge in [-0.25, -0.2) is 9.18 Å². The number of carbonyl (C=O) groups is 1. The molecule has 0 saturated heterocycles. The Hall–Kier alpha value is -3.02. The smallest absolute Gasteiger partial charge is 0.418 e. The van der Waals surface area contributed by atoms with E-state index >= 15 is 0 Å². The molecule has 0 bridgehead atoms. The van der Waals surface area contributed by atoms with Gasteiger partial charge in [-0.15, -0.1) is 0 Å². The van der Waals surface area contributed by atoms with Crippen molar-refractivity contribution in [3.63, 3.8) is 0 Å². The second-order valence-corrected chi connectivity index (χ2v) is 4.41. The summed E-state index contributed by atoms with van der Waals surface area (Å²) >= 11 is 0. The van der Waals surface area contributed by atoms with Gasteiger partial charge in [0.2, 0.25) is 0 Å². The van der Waals surface area contributed by atoms with Crippen LogP contribution in [0.2, 0.25) is 0 Å². The van der Waals surface area contributed by atoms with Crippen LogP contribution in [0, 0.1) is 17.1 Å². The molecule has 0 fully saturated rings.